The Morgan fingerprint density at radius 1 is 1.12 bits per heavy atom. The lowest BCUT2D eigenvalue weighted by Crippen LogP contribution is -2.36. The average molecular weight is 231 g/mol. The highest BCUT2D eigenvalue weighted by Crippen LogP contribution is 2.17. The van der Waals surface area contributed by atoms with Crippen molar-refractivity contribution in [3.05, 3.63) is 35.9 Å². The lowest BCUT2D eigenvalue weighted by molar-refractivity contribution is 0.122. The molecule has 2 heteroatoms. The molecule has 0 aromatic heterocycles. The number of hydrogen-bond acceptors (Lipinski definition) is 2. The highest BCUT2D eigenvalue weighted by Gasteiger charge is 2.10. The number of hydrogen-bond donors (Lipinski definition) is 0. The van der Waals surface area contributed by atoms with Crippen LogP contribution in [0, 0.1) is 5.92 Å². The zero-order valence-electron chi connectivity index (χ0n) is 10.7. The van der Waals surface area contributed by atoms with Gasteiger partial charge in [-0.1, -0.05) is 38.1 Å². The van der Waals surface area contributed by atoms with Crippen molar-refractivity contribution in [2.24, 2.45) is 5.92 Å². The van der Waals surface area contributed by atoms with Crippen LogP contribution in [0.25, 0.3) is 6.08 Å². The Morgan fingerprint density at radius 3 is 2.35 bits per heavy atom. The molecule has 0 atom stereocenters. The van der Waals surface area contributed by atoms with E-state index in [0.717, 1.165) is 26.3 Å². The molecule has 1 aliphatic rings. The smallest absolute Gasteiger partial charge is 0.0642 e. The van der Waals surface area contributed by atoms with Crippen molar-refractivity contribution >= 4 is 11.8 Å². The molecule has 1 saturated heterocycles. The maximum Gasteiger partial charge on any atom is 0.0642 e. The topological polar surface area (TPSA) is 12.5 Å². The highest BCUT2D eigenvalue weighted by atomic mass is 16.5. The Labute approximate surface area is 104 Å². The van der Waals surface area contributed by atoms with Crippen LogP contribution in [0.4, 0.5) is 5.69 Å². The van der Waals surface area contributed by atoms with Gasteiger partial charge in [0.25, 0.3) is 0 Å². The van der Waals surface area contributed by atoms with E-state index in [4.69, 9.17) is 4.74 Å². The first-order chi connectivity index (χ1) is 8.25. The second-order valence-corrected chi connectivity index (χ2v) is 4.79. The first kappa shape index (κ1) is 12.2. The Balaban J connectivity index is 2.01. The standard InChI is InChI=1S/C15H21NO/c1-13(2)3-4-14-5-7-15(8-6-14)16-9-11-17-12-10-16/h3-8,13H,9-12H2,1-2H3/b4-3+. The summed E-state index contributed by atoms with van der Waals surface area (Å²) < 4.78 is 5.36. The molecular formula is C15H21NO. The average Bonchev–Trinajstić information content (AvgIpc) is 2.38. The Hall–Kier alpha value is -1.28. The van der Waals surface area contributed by atoms with Crippen LogP contribution < -0.4 is 4.90 Å². The van der Waals surface area contributed by atoms with Crippen LogP contribution >= 0.6 is 0 Å². The summed E-state index contributed by atoms with van der Waals surface area (Å²) in [5.41, 5.74) is 2.57. The Kier molecular flexibility index (Phi) is 4.21. The highest BCUT2D eigenvalue weighted by molar-refractivity contribution is 5.56. The molecule has 2 nitrogen and oxygen atoms in total. The third-order valence-corrected chi connectivity index (χ3v) is 2.94. The van der Waals surface area contributed by atoms with Gasteiger partial charge < -0.3 is 9.64 Å². The molecule has 1 aromatic carbocycles. The summed E-state index contributed by atoms with van der Waals surface area (Å²) >= 11 is 0. The fourth-order valence-electron chi connectivity index (χ4n) is 1.92. The van der Waals surface area contributed by atoms with Crippen LogP contribution in [-0.2, 0) is 4.74 Å². The van der Waals surface area contributed by atoms with Crippen LogP contribution in [0.1, 0.15) is 19.4 Å². The van der Waals surface area contributed by atoms with Gasteiger partial charge in [0.05, 0.1) is 13.2 Å². The van der Waals surface area contributed by atoms with Crippen molar-refractivity contribution in [3.63, 3.8) is 0 Å². The van der Waals surface area contributed by atoms with E-state index in [9.17, 15) is 0 Å². The van der Waals surface area contributed by atoms with E-state index in [1.165, 1.54) is 11.3 Å². The number of rotatable bonds is 3. The van der Waals surface area contributed by atoms with E-state index in [-0.39, 0.29) is 0 Å². The zero-order chi connectivity index (χ0) is 12.1. The lowest BCUT2D eigenvalue weighted by atomic mass is 10.1. The summed E-state index contributed by atoms with van der Waals surface area (Å²) in [7, 11) is 0. The molecule has 0 radical (unpaired) electrons. The van der Waals surface area contributed by atoms with Crippen molar-refractivity contribution in [2.45, 2.75) is 13.8 Å². The maximum absolute atomic E-state index is 5.36. The van der Waals surface area contributed by atoms with Crippen molar-refractivity contribution < 1.29 is 4.74 Å². The van der Waals surface area contributed by atoms with Gasteiger partial charge in [-0.3, -0.25) is 0 Å². The molecule has 0 bridgehead atoms. The first-order valence-corrected chi connectivity index (χ1v) is 6.36. The molecule has 1 aliphatic heterocycles. The number of allylic oxidation sites excluding steroid dienone is 1. The van der Waals surface area contributed by atoms with Crippen molar-refractivity contribution in [1.29, 1.82) is 0 Å². The molecule has 0 amide bonds. The summed E-state index contributed by atoms with van der Waals surface area (Å²) in [6.07, 6.45) is 4.41. The molecule has 1 fully saturated rings. The number of nitrogens with zero attached hydrogens (tertiary/aromatic N) is 1. The van der Waals surface area contributed by atoms with Crippen LogP contribution in [-0.4, -0.2) is 26.3 Å². The van der Waals surface area contributed by atoms with Crippen LogP contribution in [0.15, 0.2) is 30.3 Å². The van der Waals surface area contributed by atoms with Gasteiger partial charge >= 0.3 is 0 Å². The monoisotopic (exact) mass is 231 g/mol. The summed E-state index contributed by atoms with van der Waals surface area (Å²) in [6.45, 7) is 8.07. The second-order valence-electron chi connectivity index (χ2n) is 4.79. The fourth-order valence-corrected chi connectivity index (χ4v) is 1.92. The number of ether oxygens (including phenoxy) is 1. The van der Waals surface area contributed by atoms with Gasteiger partial charge in [-0.2, -0.15) is 0 Å². The summed E-state index contributed by atoms with van der Waals surface area (Å²) in [4.78, 5) is 2.37. The summed E-state index contributed by atoms with van der Waals surface area (Å²) in [5, 5.41) is 0. The molecule has 1 aromatic rings. The van der Waals surface area contributed by atoms with E-state index >= 15 is 0 Å². The number of morpholine rings is 1. The maximum atomic E-state index is 5.36. The Morgan fingerprint density at radius 2 is 1.76 bits per heavy atom. The third kappa shape index (κ3) is 3.60. The van der Waals surface area contributed by atoms with Gasteiger partial charge in [-0.05, 0) is 23.6 Å². The third-order valence-electron chi connectivity index (χ3n) is 2.94. The van der Waals surface area contributed by atoms with Gasteiger partial charge in [0, 0.05) is 18.8 Å². The summed E-state index contributed by atoms with van der Waals surface area (Å²) in [6, 6.07) is 8.77. The van der Waals surface area contributed by atoms with E-state index < -0.39 is 0 Å². The molecule has 0 saturated carbocycles. The van der Waals surface area contributed by atoms with Gasteiger partial charge in [-0.25, -0.2) is 0 Å². The largest absolute Gasteiger partial charge is 0.378 e. The normalized spacial score (nSPS) is 17.0. The van der Waals surface area contributed by atoms with Crippen LogP contribution in [0.3, 0.4) is 0 Å². The van der Waals surface area contributed by atoms with Crippen LogP contribution in [0.5, 0.6) is 0 Å². The molecule has 92 valence electrons. The minimum atomic E-state index is 0.605. The van der Waals surface area contributed by atoms with E-state index in [2.05, 4.69) is 55.2 Å². The van der Waals surface area contributed by atoms with E-state index in [1.54, 1.807) is 0 Å². The summed E-state index contributed by atoms with van der Waals surface area (Å²) in [5.74, 6) is 0.605. The molecule has 2 rings (SSSR count). The molecule has 0 spiro atoms. The molecule has 0 N–H and O–H groups in total. The van der Waals surface area contributed by atoms with Crippen molar-refractivity contribution in [2.75, 3.05) is 31.2 Å². The predicted molar refractivity (Wildman–Crippen MR) is 73.3 cm³/mol. The molecule has 0 unspecified atom stereocenters. The lowest BCUT2D eigenvalue weighted by Gasteiger charge is -2.28. The molecule has 0 aliphatic carbocycles. The molecule has 17 heavy (non-hydrogen) atoms. The van der Waals surface area contributed by atoms with Gasteiger partial charge in [0.1, 0.15) is 0 Å². The van der Waals surface area contributed by atoms with Crippen molar-refractivity contribution in [3.8, 4) is 0 Å². The zero-order valence-corrected chi connectivity index (χ0v) is 10.7. The van der Waals surface area contributed by atoms with Crippen molar-refractivity contribution in [1.82, 2.24) is 0 Å². The minimum absolute atomic E-state index is 0.605. The van der Waals surface area contributed by atoms with Crippen LogP contribution in [0.2, 0.25) is 0 Å². The first-order valence-electron chi connectivity index (χ1n) is 6.36. The number of anilines is 1. The second kappa shape index (κ2) is 5.87. The Bertz CT molecular complexity index is 361. The quantitative estimate of drug-likeness (QED) is 0.792. The van der Waals surface area contributed by atoms with Gasteiger partial charge in [0.2, 0.25) is 0 Å². The van der Waals surface area contributed by atoms with E-state index in [1.807, 2.05) is 0 Å². The molecule has 1 heterocycles. The van der Waals surface area contributed by atoms with Gasteiger partial charge in [-0.15, -0.1) is 0 Å². The number of benzene rings is 1. The molecular weight excluding hydrogens is 210 g/mol. The fraction of sp³-hybridized carbons (Fsp3) is 0.467. The SMILES string of the molecule is CC(C)/C=C/c1ccc(N2CCOCC2)cc1. The van der Waals surface area contributed by atoms with Gasteiger partial charge in [0.15, 0.2) is 0 Å². The van der Waals surface area contributed by atoms with E-state index in [0.29, 0.717) is 5.92 Å². The minimum Gasteiger partial charge on any atom is -0.378 e. The predicted octanol–water partition coefficient (Wildman–Crippen LogP) is 3.19.